The lowest BCUT2D eigenvalue weighted by Crippen LogP contribution is -2.09. The normalized spacial score (nSPS) is 11.0. The SMILES string of the molecule is N#CCCCS(=O)(=O)c1cc(Cl)ccc1N. The van der Waals surface area contributed by atoms with E-state index < -0.39 is 9.84 Å². The van der Waals surface area contributed by atoms with Crippen molar-refractivity contribution in [3.63, 3.8) is 0 Å². The first-order chi connectivity index (χ1) is 7.47. The number of benzene rings is 1. The third-order valence-electron chi connectivity index (χ3n) is 2.01. The number of nitrogens with zero attached hydrogens (tertiary/aromatic N) is 1. The number of rotatable bonds is 4. The summed E-state index contributed by atoms with van der Waals surface area (Å²) in [4.78, 5) is 0.0398. The molecule has 0 amide bonds. The van der Waals surface area contributed by atoms with Crippen LogP contribution in [0.1, 0.15) is 12.8 Å². The molecule has 0 aliphatic carbocycles. The third-order valence-corrected chi connectivity index (χ3v) is 4.10. The Bertz CT molecular complexity index is 520. The zero-order valence-corrected chi connectivity index (χ0v) is 10.1. The van der Waals surface area contributed by atoms with Crippen LogP contribution in [0.15, 0.2) is 23.1 Å². The van der Waals surface area contributed by atoms with Gasteiger partial charge < -0.3 is 5.73 Å². The van der Waals surface area contributed by atoms with E-state index in [2.05, 4.69) is 0 Å². The first kappa shape index (κ1) is 12.8. The maximum absolute atomic E-state index is 11.8. The molecule has 0 bridgehead atoms. The molecule has 0 saturated carbocycles. The number of hydrogen-bond acceptors (Lipinski definition) is 4. The molecule has 1 aromatic carbocycles. The van der Waals surface area contributed by atoms with Crippen LogP contribution in [0.2, 0.25) is 5.02 Å². The minimum Gasteiger partial charge on any atom is -0.398 e. The fraction of sp³-hybridized carbons (Fsp3) is 0.300. The molecular formula is C10H11ClN2O2S. The number of halogens is 1. The predicted molar refractivity (Wildman–Crippen MR) is 62.8 cm³/mol. The Kier molecular flexibility index (Phi) is 4.16. The van der Waals surface area contributed by atoms with E-state index in [9.17, 15) is 8.42 Å². The van der Waals surface area contributed by atoms with Crippen LogP contribution in [-0.4, -0.2) is 14.2 Å². The van der Waals surface area contributed by atoms with Crippen molar-refractivity contribution in [3.05, 3.63) is 23.2 Å². The topological polar surface area (TPSA) is 84.0 Å². The average Bonchev–Trinajstić information content (AvgIpc) is 2.22. The van der Waals surface area contributed by atoms with Crippen LogP contribution in [0.4, 0.5) is 5.69 Å². The molecule has 0 spiro atoms. The second kappa shape index (κ2) is 5.19. The first-order valence-electron chi connectivity index (χ1n) is 4.62. The summed E-state index contributed by atoms with van der Waals surface area (Å²) in [6.07, 6.45) is 0.504. The Morgan fingerprint density at radius 1 is 1.44 bits per heavy atom. The zero-order valence-electron chi connectivity index (χ0n) is 8.48. The van der Waals surface area contributed by atoms with E-state index >= 15 is 0 Å². The van der Waals surface area contributed by atoms with E-state index in [1.807, 2.05) is 6.07 Å². The molecule has 2 N–H and O–H groups in total. The number of nitriles is 1. The Morgan fingerprint density at radius 3 is 2.75 bits per heavy atom. The number of sulfone groups is 1. The first-order valence-corrected chi connectivity index (χ1v) is 6.65. The molecule has 1 aromatic rings. The molecular weight excluding hydrogens is 248 g/mol. The summed E-state index contributed by atoms with van der Waals surface area (Å²) in [6, 6.07) is 6.22. The van der Waals surface area contributed by atoms with Crippen LogP contribution in [0.5, 0.6) is 0 Å². The molecule has 0 radical (unpaired) electrons. The lowest BCUT2D eigenvalue weighted by atomic mass is 10.3. The molecule has 4 nitrogen and oxygen atoms in total. The molecule has 0 heterocycles. The van der Waals surface area contributed by atoms with Crippen LogP contribution in [-0.2, 0) is 9.84 Å². The third kappa shape index (κ3) is 3.12. The van der Waals surface area contributed by atoms with E-state index in [0.29, 0.717) is 11.4 Å². The van der Waals surface area contributed by atoms with Gasteiger partial charge in [-0.25, -0.2) is 8.42 Å². The summed E-state index contributed by atoms with van der Waals surface area (Å²) in [7, 11) is -3.45. The van der Waals surface area contributed by atoms with Gasteiger partial charge in [0.1, 0.15) is 0 Å². The van der Waals surface area contributed by atoms with Crippen LogP contribution in [0.25, 0.3) is 0 Å². The van der Waals surface area contributed by atoms with Gasteiger partial charge in [0.25, 0.3) is 0 Å². The molecule has 6 heteroatoms. The van der Waals surface area contributed by atoms with Crippen molar-refractivity contribution in [1.82, 2.24) is 0 Å². The second-order valence-electron chi connectivity index (χ2n) is 3.26. The molecule has 0 fully saturated rings. The summed E-state index contributed by atoms with van der Waals surface area (Å²) in [5.74, 6) is -0.0922. The van der Waals surface area contributed by atoms with Gasteiger partial charge in [-0.1, -0.05) is 11.6 Å². The number of nitrogens with two attached hydrogens (primary N) is 1. The van der Waals surface area contributed by atoms with Crippen molar-refractivity contribution in [3.8, 4) is 6.07 Å². The number of anilines is 1. The van der Waals surface area contributed by atoms with Gasteiger partial charge in [-0.3, -0.25) is 0 Å². The molecule has 0 aliphatic rings. The van der Waals surface area contributed by atoms with Crippen LogP contribution < -0.4 is 5.73 Å². The minimum absolute atomic E-state index is 0.0398. The monoisotopic (exact) mass is 258 g/mol. The highest BCUT2D eigenvalue weighted by atomic mass is 35.5. The van der Waals surface area contributed by atoms with Gasteiger partial charge in [0.15, 0.2) is 9.84 Å². The Balaban J connectivity index is 2.99. The molecule has 0 saturated heterocycles. The van der Waals surface area contributed by atoms with Gasteiger partial charge in [-0.2, -0.15) is 5.26 Å². The van der Waals surface area contributed by atoms with E-state index in [0.717, 1.165) is 0 Å². The van der Waals surface area contributed by atoms with Crippen molar-refractivity contribution in [2.45, 2.75) is 17.7 Å². The minimum atomic E-state index is -3.45. The van der Waals surface area contributed by atoms with E-state index in [1.54, 1.807) is 0 Å². The lowest BCUT2D eigenvalue weighted by Gasteiger charge is -2.06. The number of nitrogen functional groups attached to an aromatic ring is 1. The van der Waals surface area contributed by atoms with Crippen LogP contribution in [0.3, 0.4) is 0 Å². The highest BCUT2D eigenvalue weighted by molar-refractivity contribution is 7.91. The Hall–Kier alpha value is -1.25. The van der Waals surface area contributed by atoms with E-state index in [4.69, 9.17) is 22.6 Å². The van der Waals surface area contributed by atoms with Gasteiger partial charge in [0, 0.05) is 11.4 Å². The van der Waals surface area contributed by atoms with Gasteiger partial charge in [-0.15, -0.1) is 0 Å². The molecule has 0 atom stereocenters. The molecule has 0 unspecified atom stereocenters. The van der Waals surface area contributed by atoms with Crippen molar-refractivity contribution >= 4 is 27.1 Å². The summed E-state index contributed by atoms with van der Waals surface area (Å²) in [5, 5.41) is 8.67. The molecule has 0 aromatic heterocycles. The Labute approximate surface area is 99.6 Å². The smallest absolute Gasteiger partial charge is 0.180 e. The highest BCUT2D eigenvalue weighted by Crippen LogP contribution is 2.24. The highest BCUT2D eigenvalue weighted by Gasteiger charge is 2.17. The van der Waals surface area contributed by atoms with E-state index in [-0.39, 0.29) is 22.8 Å². The summed E-state index contributed by atoms with van der Waals surface area (Å²) >= 11 is 5.71. The summed E-state index contributed by atoms with van der Waals surface area (Å²) in [5.41, 5.74) is 5.76. The maximum atomic E-state index is 11.8. The average molecular weight is 259 g/mol. The van der Waals surface area contributed by atoms with Crippen LogP contribution >= 0.6 is 11.6 Å². The van der Waals surface area contributed by atoms with E-state index in [1.165, 1.54) is 18.2 Å². The zero-order chi connectivity index (χ0) is 12.2. The fourth-order valence-electron chi connectivity index (χ4n) is 1.23. The van der Waals surface area contributed by atoms with Crippen LogP contribution in [0, 0.1) is 11.3 Å². The van der Waals surface area contributed by atoms with Crippen molar-refractivity contribution in [2.24, 2.45) is 0 Å². The summed E-state index contributed by atoms with van der Waals surface area (Å²) < 4.78 is 23.7. The summed E-state index contributed by atoms with van der Waals surface area (Å²) in [6.45, 7) is 0. The van der Waals surface area contributed by atoms with Gasteiger partial charge in [0.05, 0.1) is 22.4 Å². The van der Waals surface area contributed by atoms with Gasteiger partial charge in [-0.05, 0) is 24.6 Å². The number of unbranched alkanes of at least 4 members (excludes halogenated alkanes) is 1. The predicted octanol–water partition coefficient (Wildman–Crippen LogP) is 2.00. The fourth-order valence-corrected chi connectivity index (χ4v) is 2.94. The van der Waals surface area contributed by atoms with Crippen molar-refractivity contribution in [1.29, 1.82) is 5.26 Å². The van der Waals surface area contributed by atoms with Crippen molar-refractivity contribution < 1.29 is 8.42 Å². The molecule has 16 heavy (non-hydrogen) atoms. The Morgan fingerprint density at radius 2 is 2.12 bits per heavy atom. The standard InChI is InChI=1S/C10H11ClN2O2S/c11-8-3-4-9(13)10(7-8)16(14,15)6-2-1-5-12/h3-4,7H,1-2,6,13H2. The molecule has 1 rings (SSSR count). The largest absolute Gasteiger partial charge is 0.398 e. The molecule has 86 valence electrons. The van der Waals surface area contributed by atoms with Crippen molar-refractivity contribution in [2.75, 3.05) is 11.5 Å². The van der Waals surface area contributed by atoms with Gasteiger partial charge >= 0.3 is 0 Å². The quantitative estimate of drug-likeness (QED) is 0.661. The maximum Gasteiger partial charge on any atom is 0.180 e. The second-order valence-corrected chi connectivity index (χ2v) is 5.78. The van der Waals surface area contributed by atoms with Gasteiger partial charge in [0.2, 0.25) is 0 Å². The lowest BCUT2D eigenvalue weighted by molar-refractivity contribution is 0.594. The number of hydrogen-bond donors (Lipinski definition) is 1. The molecule has 0 aliphatic heterocycles.